The van der Waals surface area contributed by atoms with E-state index in [9.17, 15) is 14.0 Å². The number of rotatable bonds is 4. The van der Waals surface area contributed by atoms with E-state index in [1.54, 1.807) is 41.3 Å². The average Bonchev–Trinajstić information content (AvgIpc) is 3.19. The molecule has 2 heterocycles. The van der Waals surface area contributed by atoms with Crippen LogP contribution in [-0.2, 0) is 11.3 Å². The standard InChI is InChI=1S/C20H14FNO3S/c21-15-6-3-13(4-7-15)11-22-16-10-14(20(24)18-2-1-9-26-18)5-8-17(16)25-12-19(22)23/h1-10H,11-12H2. The fourth-order valence-electron chi connectivity index (χ4n) is 2.84. The largest absolute Gasteiger partial charge is 0.482 e. The highest BCUT2D eigenvalue weighted by atomic mass is 32.1. The molecule has 3 aromatic rings. The molecule has 0 radical (unpaired) electrons. The van der Waals surface area contributed by atoms with Crippen molar-refractivity contribution in [1.82, 2.24) is 0 Å². The Hall–Kier alpha value is -2.99. The van der Waals surface area contributed by atoms with Gasteiger partial charge in [-0.2, -0.15) is 0 Å². The number of amides is 1. The zero-order chi connectivity index (χ0) is 18.1. The molecule has 0 N–H and O–H groups in total. The van der Waals surface area contributed by atoms with Crippen LogP contribution in [0.4, 0.5) is 10.1 Å². The first-order chi connectivity index (χ1) is 12.6. The molecular weight excluding hydrogens is 353 g/mol. The molecule has 0 unspecified atom stereocenters. The Bertz CT molecular complexity index is 967. The van der Waals surface area contributed by atoms with Crippen LogP contribution in [0.25, 0.3) is 0 Å². The topological polar surface area (TPSA) is 46.6 Å². The summed E-state index contributed by atoms with van der Waals surface area (Å²) in [6.45, 7) is 0.221. The van der Waals surface area contributed by atoms with Gasteiger partial charge in [0.2, 0.25) is 5.78 Å². The van der Waals surface area contributed by atoms with Gasteiger partial charge in [0.1, 0.15) is 11.6 Å². The molecule has 6 heteroatoms. The number of anilines is 1. The van der Waals surface area contributed by atoms with Crippen molar-refractivity contribution in [1.29, 1.82) is 0 Å². The summed E-state index contributed by atoms with van der Waals surface area (Å²) in [6.07, 6.45) is 0. The minimum Gasteiger partial charge on any atom is -0.482 e. The van der Waals surface area contributed by atoms with Crippen molar-refractivity contribution in [3.8, 4) is 5.75 Å². The van der Waals surface area contributed by atoms with Crippen LogP contribution in [-0.4, -0.2) is 18.3 Å². The van der Waals surface area contributed by atoms with Gasteiger partial charge in [0.25, 0.3) is 5.91 Å². The fourth-order valence-corrected chi connectivity index (χ4v) is 3.52. The predicted octanol–water partition coefficient (Wildman–Crippen LogP) is 4.04. The number of nitrogens with zero attached hydrogens (tertiary/aromatic N) is 1. The molecular formula is C20H14FNO3S. The lowest BCUT2D eigenvalue weighted by molar-refractivity contribution is -0.121. The zero-order valence-corrected chi connectivity index (χ0v) is 14.5. The highest BCUT2D eigenvalue weighted by Crippen LogP contribution is 2.34. The smallest absolute Gasteiger partial charge is 0.265 e. The van der Waals surface area contributed by atoms with E-state index in [1.807, 2.05) is 11.4 Å². The van der Waals surface area contributed by atoms with E-state index in [-0.39, 0.29) is 30.7 Å². The van der Waals surface area contributed by atoms with Crippen molar-refractivity contribution in [3.63, 3.8) is 0 Å². The summed E-state index contributed by atoms with van der Waals surface area (Å²) in [5.74, 6) is -0.0779. The summed E-state index contributed by atoms with van der Waals surface area (Å²) in [5.41, 5.74) is 1.84. The van der Waals surface area contributed by atoms with E-state index in [4.69, 9.17) is 4.74 Å². The monoisotopic (exact) mass is 367 g/mol. The quantitative estimate of drug-likeness (QED) is 0.654. The second kappa shape index (κ2) is 6.72. The number of ketones is 1. The second-order valence-electron chi connectivity index (χ2n) is 5.88. The van der Waals surface area contributed by atoms with E-state index in [0.717, 1.165) is 5.56 Å². The molecule has 0 bridgehead atoms. The third-order valence-electron chi connectivity index (χ3n) is 4.16. The van der Waals surface area contributed by atoms with Crippen molar-refractivity contribution in [2.24, 2.45) is 0 Å². The molecule has 0 aliphatic carbocycles. The average molecular weight is 367 g/mol. The van der Waals surface area contributed by atoms with Crippen molar-refractivity contribution in [3.05, 3.63) is 81.8 Å². The van der Waals surface area contributed by atoms with Gasteiger partial charge in [-0.1, -0.05) is 18.2 Å². The highest BCUT2D eigenvalue weighted by Gasteiger charge is 2.27. The van der Waals surface area contributed by atoms with E-state index < -0.39 is 0 Å². The van der Waals surface area contributed by atoms with Crippen LogP contribution in [0.5, 0.6) is 5.75 Å². The zero-order valence-electron chi connectivity index (χ0n) is 13.6. The van der Waals surface area contributed by atoms with Crippen molar-refractivity contribution in [2.45, 2.75) is 6.54 Å². The van der Waals surface area contributed by atoms with Crippen LogP contribution in [0.2, 0.25) is 0 Å². The van der Waals surface area contributed by atoms with Crippen molar-refractivity contribution in [2.75, 3.05) is 11.5 Å². The van der Waals surface area contributed by atoms with Gasteiger partial charge < -0.3 is 9.64 Å². The summed E-state index contributed by atoms with van der Waals surface area (Å²) < 4.78 is 18.6. The van der Waals surface area contributed by atoms with E-state index >= 15 is 0 Å². The minimum atomic E-state index is -0.328. The normalized spacial score (nSPS) is 13.3. The summed E-state index contributed by atoms with van der Waals surface area (Å²) >= 11 is 1.37. The van der Waals surface area contributed by atoms with Crippen LogP contribution in [0.1, 0.15) is 20.8 Å². The molecule has 26 heavy (non-hydrogen) atoms. The maximum absolute atomic E-state index is 13.1. The SMILES string of the molecule is O=C(c1ccc2c(c1)N(Cc1ccc(F)cc1)C(=O)CO2)c1cccs1. The molecule has 1 aromatic heterocycles. The molecule has 4 rings (SSSR count). The first-order valence-corrected chi connectivity index (χ1v) is 8.89. The minimum absolute atomic E-state index is 0.0631. The lowest BCUT2D eigenvalue weighted by Crippen LogP contribution is -2.38. The Morgan fingerprint density at radius 1 is 1.15 bits per heavy atom. The van der Waals surface area contributed by atoms with Gasteiger partial charge in [-0.3, -0.25) is 9.59 Å². The van der Waals surface area contributed by atoms with E-state index in [2.05, 4.69) is 0 Å². The Balaban J connectivity index is 1.69. The van der Waals surface area contributed by atoms with E-state index in [1.165, 1.54) is 23.5 Å². The Morgan fingerprint density at radius 2 is 1.96 bits per heavy atom. The Morgan fingerprint density at radius 3 is 2.69 bits per heavy atom. The lowest BCUT2D eigenvalue weighted by atomic mass is 10.1. The van der Waals surface area contributed by atoms with Gasteiger partial charge in [0.05, 0.1) is 17.1 Å². The van der Waals surface area contributed by atoms with Gasteiger partial charge in [-0.25, -0.2) is 4.39 Å². The number of thiophene rings is 1. The molecule has 0 saturated heterocycles. The Labute approximate surface area is 153 Å². The molecule has 4 nitrogen and oxygen atoms in total. The first-order valence-electron chi connectivity index (χ1n) is 8.02. The number of benzene rings is 2. The molecule has 0 fully saturated rings. The number of fused-ring (bicyclic) bond motifs is 1. The molecule has 0 saturated carbocycles. The van der Waals surface area contributed by atoms with Gasteiger partial charge >= 0.3 is 0 Å². The summed E-state index contributed by atoms with van der Waals surface area (Å²) in [4.78, 5) is 27.2. The number of hydrogen-bond acceptors (Lipinski definition) is 4. The van der Waals surface area contributed by atoms with Gasteiger partial charge in [0, 0.05) is 5.56 Å². The van der Waals surface area contributed by atoms with Crippen LogP contribution in [0.15, 0.2) is 60.0 Å². The molecule has 0 atom stereocenters. The summed E-state index contributed by atoms with van der Waals surface area (Å²) in [6, 6.07) is 14.7. The maximum Gasteiger partial charge on any atom is 0.265 e. The summed E-state index contributed by atoms with van der Waals surface area (Å²) in [5, 5.41) is 1.85. The fraction of sp³-hybridized carbons (Fsp3) is 0.100. The second-order valence-corrected chi connectivity index (χ2v) is 6.83. The molecule has 2 aromatic carbocycles. The number of ether oxygens (including phenoxy) is 1. The van der Waals surface area contributed by atoms with Crippen molar-refractivity contribution < 1.29 is 18.7 Å². The van der Waals surface area contributed by atoms with E-state index in [0.29, 0.717) is 21.9 Å². The molecule has 1 amide bonds. The predicted molar refractivity (Wildman–Crippen MR) is 97.3 cm³/mol. The number of carbonyl (C=O) groups is 2. The molecule has 0 spiro atoms. The number of halogens is 1. The van der Waals surface area contributed by atoms with Gasteiger partial charge in [0.15, 0.2) is 6.61 Å². The summed E-state index contributed by atoms with van der Waals surface area (Å²) in [7, 11) is 0. The highest BCUT2D eigenvalue weighted by molar-refractivity contribution is 7.12. The Kier molecular flexibility index (Phi) is 4.26. The lowest BCUT2D eigenvalue weighted by Gasteiger charge is -2.29. The van der Waals surface area contributed by atoms with Crippen molar-refractivity contribution >= 4 is 28.7 Å². The van der Waals surface area contributed by atoms with Gasteiger partial charge in [-0.05, 0) is 47.3 Å². The van der Waals surface area contributed by atoms with Gasteiger partial charge in [-0.15, -0.1) is 11.3 Å². The third kappa shape index (κ3) is 3.11. The van der Waals surface area contributed by atoms with Crippen LogP contribution < -0.4 is 9.64 Å². The number of hydrogen-bond donors (Lipinski definition) is 0. The third-order valence-corrected chi connectivity index (χ3v) is 5.03. The molecule has 1 aliphatic rings. The molecule has 130 valence electrons. The van der Waals surface area contributed by atoms with Crippen LogP contribution >= 0.6 is 11.3 Å². The molecule has 1 aliphatic heterocycles. The maximum atomic E-state index is 13.1. The van der Waals surface area contributed by atoms with Crippen LogP contribution in [0, 0.1) is 5.82 Å². The number of carbonyl (C=O) groups excluding carboxylic acids is 2. The van der Waals surface area contributed by atoms with Crippen LogP contribution in [0.3, 0.4) is 0 Å². The first kappa shape index (κ1) is 16.5.